The lowest BCUT2D eigenvalue weighted by atomic mass is 9.94. The Hall–Kier alpha value is -1.94. The van der Waals surface area contributed by atoms with Crippen molar-refractivity contribution in [3.63, 3.8) is 0 Å². The molecule has 0 atom stereocenters. The second-order valence-electron chi connectivity index (χ2n) is 5.40. The van der Waals surface area contributed by atoms with Gasteiger partial charge in [0, 0.05) is 16.8 Å². The molecule has 22 heavy (non-hydrogen) atoms. The maximum atomic E-state index is 3.38. The lowest BCUT2D eigenvalue weighted by Gasteiger charge is -2.10. The summed E-state index contributed by atoms with van der Waals surface area (Å²) in [6, 6.07) is 23.5. The van der Waals surface area contributed by atoms with E-state index >= 15 is 0 Å². The number of pyridine rings is 1. The van der Waals surface area contributed by atoms with Crippen molar-refractivity contribution in [1.82, 2.24) is 0 Å². The molecule has 0 unspecified atom stereocenters. The lowest BCUT2D eigenvalue weighted by Crippen LogP contribution is -3.00. The Labute approximate surface area is 147 Å². The molecule has 0 amide bonds. The van der Waals surface area contributed by atoms with Gasteiger partial charge in [-0.1, -0.05) is 48.5 Å². The molecule has 108 valence electrons. The third kappa shape index (κ3) is 2.37. The minimum absolute atomic E-state index is 0. The monoisotopic (exact) mass is 397 g/mol. The topological polar surface area (TPSA) is 14.1 Å². The van der Waals surface area contributed by atoms with E-state index in [-0.39, 0.29) is 24.0 Å². The van der Waals surface area contributed by atoms with Crippen molar-refractivity contribution < 1.29 is 29.0 Å². The van der Waals surface area contributed by atoms with Crippen LogP contribution in [0.3, 0.4) is 0 Å². The number of para-hydroxylation sites is 1. The average molecular weight is 397 g/mol. The second-order valence-corrected chi connectivity index (χ2v) is 5.40. The fraction of sp³-hybridized carbons (Fsp3) is 0.0500. The van der Waals surface area contributed by atoms with Gasteiger partial charge >= 0.3 is 0 Å². The first-order valence-electron chi connectivity index (χ1n) is 7.23. The molecule has 1 N–H and O–H groups in total. The van der Waals surface area contributed by atoms with Crippen molar-refractivity contribution >= 4 is 21.7 Å². The SMILES string of the molecule is Cc1c(-c2ccccc2)ccc2c[nH+]c3ccccc3c12.[I-]. The molecule has 0 bridgehead atoms. The van der Waals surface area contributed by atoms with Crippen LogP contribution in [0.1, 0.15) is 5.56 Å². The Bertz CT molecular complexity index is 946. The molecule has 0 aliphatic carbocycles. The van der Waals surface area contributed by atoms with Crippen LogP contribution >= 0.6 is 0 Å². The number of rotatable bonds is 1. The molecule has 0 radical (unpaired) electrons. The summed E-state index contributed by atoms with van der Waals surface area (Å²) in [5.74, 6) is 0. The van der Waals surface area contributed by atoms with Crippen LogP contribution in [0.4, 0.5) is 0 Å². The number of nitrogens with one attached hydrogen (secondary N) is 1. The van der Waals surface area contributed by atoms with E-state index in [2.05, 4.69) is 84.8 Å². The number of benzene rings is 3. The summed E-state index contributed by atoms with van der Waals surface area (Å²) in [6.45, 7) is 2.22. The Morgan fingerprint density at radius 3 is 2.32 bits per heavy atom. The largest absolute Gasteiger partial charge is 1.00 e. The van der Waals surface area contributed by atoms with E-state index < -0.39 is 0 Å². The second kappa shape index (κ2) is 6.05. The predicted molar refractivity (Wildman–Crippen MR) is 88.2 cm³/mol. The molecule has 0 fully saturated rings. The van der Waals surface area contributed by atoms with Crippen molar-refractivity contribution in [2.75, 3.05) is 0 Å². The molecule has 4 aromatic rings. The van der Waals surface area contributed by atoms with Gasteiger partial charge in [-0.05, 0) is 35.7 Å². The number of H-pyrrole nitrogens is 1. The summed E-state index contributed by atoms with van der Waals surface area (Å²) >= 11 is 0. The minimum atomic E-state index is 0. The number of aromatic nitrogens is 1. The van der Waals surface area contributed by atoms with Gasteiger partial charge in [-0.2, -0.15) is 0 Å². The highest BCUT2D eigenvalue weighted by atomic mass is 127. The molecule has 1 heterocycles. The van der Waals surface area contributed by atoms with E-state index in [1.165, 1.54) is 38.4 Å². The fourth-order valence-corrected chi connectivity index (χ4v) is 3.12. The number of aromatic amines is 1. The summed E-state index contributed by atoms with van der Waals surface area (Å²) in [5.41, 5.74) is 5.09. The van der Waals surface area contributed by atoms with E-state index in [4.69, 9.17) is 0 Å². The zero-order valence-corrected chi connectivity index (χ0v) is 14.5. The summed E-state index contributed by atoms with van der Waals surface area (Å²) in [4.78, 5) is 3.38. The number of fused-ring (bicyclic) bond motifs is 3. The summed E-state index contributed by atoms with van der Waals surface area (Å²) in [6.07, 6.45) is 2.10. The maximum absolute atomic E-state index is 3.38. The first-order chi connectivity index (χ1) is 10.3. The molecule has 1 nitrogen and oxygen atoms in total. The van der Waals surface area contributed by atoms with E-state index in [1.807, 2.05) is 0 Å². The zero-order valence-electron chi connectivity index (χ0n) is 12.3. The van der Waals surface area contributed by atoms with Crippen LogP contribution in [0, 0.1) is 6.92 Å². The van der Waals surface area contributed by atoms with Crippen molar-refractivity contribution in [3.8, 4) is 11.1 Å². The predicted octanol–water partition coefficient (Wildman–Crippen LogP) is 1.79. The van der Waals surface area contributed by atoms with Gasteiger partial charge in [0.15, 0.2) is 6.20 Å². The maximum Gasteiger partial charge on any atom is 0.211 e. The highest BCUT2D eigenvalue weighted by Gasteiger charge is 2.11. The zero-order chi connectivity index (χ0) is 14.2. The molecule has 2 heteroatoms. The summed E-state index contributed by atoms with van der Waals surface area (Å²) < 4.78 is 0. The number of hydrogen-bond donors (Lipinski definition) is 0. The third-order valence-corrected chi connectivity index (χ3v) is 4.16. The number of hydrogen-bond acceptors (Lipinski definition) is 0. The standard InChI is InChI=1S/C20H15N.HI/c1-14-17(15-7-3-2-4-8-15)12-11-16-13-21-19-10-6-5-9-18(19)20(14)16;/h2-13H,1H3;1H. The van der Waals surface area contributed by atoms with Crippen LogP contribution in [-0.4, -0.2) is 0 Å². The molecule has 0 aliphatic heterocycles. The molecular formula is C20H16IN. The summed E-state index contributed by atoms with van der Waals surface area (Å²) in [7, 11) is 0. The van der Waals surface area contributed by atoms with Crippen molar-refractivity contribution in [3.05, 3.63) is 78.5 Å². The molecule has 0 saturated heterocycles. The smallest absolute Gasteiger partial charge is 0.211 e. The van der Waals surface area contributed by atoms with E-state index in [1.54, 1.807) is 0 Å². The minimum Gasteiger partial charge on any atom is -1.00 e. The average Bonchev–Trinajstić information content (AvgIpc) is 2.55. The van der Waals surface area contributed by atoms with Gasteiger partial charge in [-0.3, -0.25) is 0 Å². The fourth-order valence-electron chi connectivity index (χ4n) is 3.12. The lowest BCUT2D eigenvalue weighted by molar-refractivity contribution is -0.342. The Morgan fingerprint density at radius 1 is 0.773 bits per heavy atom. The molecule has 0 aliphatic rings. The quantitative estimate of drug-likeness (QED) is 0.344. The van der Waals surface area contributed by atoms with Gasteiger partial charge < -0.3 is 24.0 Å². The van der Waals surface area contributed by atoms with Crippen LogP contribution in [0.2, 0.25) is 0 Å². The van der Waals surface area contributed by atoms with E-state index in [0.717, 1.165) is 0 Å². The first kappa shape index (κ1) is 15.0. The van der Waals surface area contributed by atoms with E-state index in [9.17, 15) is 0 Å². The van der Waals surface area contributed by atoms with Crippen LogP contribution in [-0.2, 0) is 0 Å². The van der Waals surface area contributed by atoms with Gasteiger partial charge in [0.05, 0.1) is 5.39 Å². The molecule has 1 aromatic heterocycles. The molecule has 4 rings (SSSR count). The van der Waals surface area contributed by atoms with Gasteiger partial charge in [-0.15, -0.1) is 0 Å². The summed E-state index contributed by atoms with van der Waals surface area (Å²) in [5, 5.41) is 3.88. The highest BCUT2D eigenvalue weighted by Crippen LogP contribution is 2.32. The highest BCUT2D eigenvalue weighted by molar-refractivity contribution is 6.07. The normalized spacial score (nSPS) is 10.6. The van der Waals surface area contributed by atoms with Gasteiger partial charge in [-0.25, -0.2) is 4.98 Å². The van der Waals surface area contributed by atoms with Gasteiger partial charge in [0.25, 0.3) is 0 Å². The Balaban J connectivity index is 0.00000144. The molecule has 3 aromatic carbocycles. The first-order valence-corrected chi connectivity index (χ1v) is 7.23. The Kier molecular flexibility index (Phi) is 4.12. The van der Waals surface area contributed by atoms with Crippen molar-refractivity contribution in [2.45, 2.75) is 6.92 Å². The van der Waals surface area contributed by atoms with Crippen LogP contribution in [0.15, 0.2) is 72.9 Å². The van der Waals surface area contributed by atoms with Gasteiger partial charge in [0.2, 0.25) is 5.52 Å². The van der Waals surface area contributed by atoms with Crippen LogP contribution in [0.5, 0.6) is 0 Å². The number of halogens is 1. The third-order valence-electron chi connectivity index (χ3n) is 4.16. The molecular weight excluding hydrogens is 381 g/mol. The van der Waals surface area contributed by atoms with Crippen molar-refractivity contribution in [2.24, 2.45) is 0 Å². The van der Waals surface area contributed by atoms with Crippen LogP contribution in [0.25, 0.3) is 32.8 Å². The van der Waals surface area contributed by atoms with Crippen molar-refractivity contribution in [1.29, 1.82) is 0 Å². The van der Waals surface area contributed by atoms with E-state index in [0.29, 0.717) is 0 Å². The van der Waals surface area contributed by atoms with Crippen LogP contribution < -0.4 is 29.0 Å². The number of aryl methyl sites for hydroxylation is 1. The Morgan fingerprint density at radius 2 is 1.50 bits per heavy atom. The molecule has 0 spiro atoms. The van der Waals surface area contributed by atoms with Gasteiger partial charge in [0.1, 0.15) is 0 Å². The molecule has 0 saturated carbocycles.